The first-order valence-electron chi connectivity index (χ1n) is 14.2. The average Bonchev–Trinajstić information content (AvgIpc) is 3.37. The first-order valence-corrected chi connectivity index (χ1v) is 14.6. The molecule has 2 atom stereocenters. The fourth-order valence-corrected chi connectivity index (χ4v) is 6.61. The average molecular weight is 621 g/mol. The highest BCUT2D eigenvalue weighted by Crippen LogP contribution is 2.44. The SMILES string of the molecule is C=C(F)C(=O)N1CCN(c2c(C#N)c(OC[C@@H]3CCCN3C)nc3c2CCN(c2cccc(Cl)c2C(F)(F)F)C3)C[C@H]1C. The molecule has 3 aliphatic heterocycles. The zero-order chi connectivity index (χ0) is 31.1. The first-order chi connectivity index (χ1) is 20.4. The number of alkyl halides is 3. The molecule has 1 aromatic heterocycles. The number of fused-ring (bicyclic) bond motifs is 1. The minimum atomic E-state index is -4.66. The lowest BCUT2D eigenvalue weighted by molar-refractivity contribution is -0.137. The summed E-state index contributed by atoms with van der Waals surface area (Å²) >= 11 is 6.02. The summed E-state index contributed by atoms with van der Waals surface area (Å²) in [6.07, 6.45) is -2.37. The number of ether oxygens (including phenoxy) is 1. The molecular weight excluding hydrogens is 588 g/mol. The van der Waals surface area contributed by atoms with Gasteiger partial charge in [0.2, 0.25) is 5.88 Å². The van der Waals surface area contributed by atoms with Gasteiger partial charge in [-0.1, -0.05) is 24.2 Å². The molecule has 1 amide bonds. The molecule has 3 aliphatic rings. The monoisotopic (exact) mass is 620 g/mol. The Balaban J connectivity index is 1.54. The van der Waals surface area contributed by atoms with Crippen LogP contribution in [0.5, 0.6) is 5.88 Å². The van der Waals surface area contributed by atoms with Gasteiger partial charge in [0.15, 0.2) is 5.83 Å². The number of nitriles is 1. The van der Waals surface area contributed by atoms with Crippen LogP contribution in [-0.4, -0.2) is 79.2 Å². The molecule has 230 valence electrons. The Bertz CT molecular complexity index is 1460. The van der Waals surface area contributed by atoms with Crippen LogP contribution in [0.3, 0.4) is 0 Å². The normalized spacial score (nSPS) is 21.0. The number of carbonyl (C=O) groups is 1. The number of piperazine rings is 1. The summed E-state index contributed by atoms with van der Waals surface area (Å²) < 4.78 is 62.0. The van der Waals surface area contributed by atoms with Crippen molar-refractivity contribution in [3.63, 3.8) is 0 Å². The summed E-state index contributed by atoms with van der Waals surface area (Å²) in [7, 11) is 2.01. The molecule has 1 aromatic carbocycles. The van der Waals surface area contributed by atoms with Gasteiger partial charge in [-0.15, -0.1) is 0 Å². The fourth-order valence-electron chi connectivity index (χ4n) is 6.33. The van der Waals surface area contributed by atoms with E-state index in [0.29, 0.717) is 37.5 Å². The smallest absolute Gasteiger partial charge is 0.419 e. The molecule has 0 spiro atoms. The molecule has 0 aliphatic carbocycles. The Morgan fingerprint density at radius 1 is 1.23 bits per heavy atom. The third-order valence-corrected chi connectivity index (χ3v) is 8.86. The zero-order valence-corrected chi connectivity index (χ0v) is 24.8. The lowest BCUT2D eigenvalue weighted by Gasteiger charge is -2.42. The van der Waals surface area contributed by atoms with Crippen LogP contribution >= 0.6 is 11.6 Å². The minimum absolute atomic E-state index is 0.0411. The van der Waals surface area contributed by atoms with Crippen LogP contribution in [-0.2, 0) is 23.9 Å². The van der Waals surface area contributed by atoms with E-state index in [9.17, 15) is 27.6 Å². The maximum absolute atomic E-state index is 14.0. The maximum Gasteiger partial charge on any atom is 0.419 e. The second-order valence-electron chi connectivity index (χ2n) is 11.3. The Kier molecular flexibility index (Phi) is 8.77. The van der Waals surface area contributed by atoms with Gasteiger partial charge in [-0.2, -0.15) is 18.4 Å². The Morgan fingerprint density at radius 3 is 2.63 bits per heavy atom. The molecule has 0 radical (unpaired) electrons. The maximum atomic E-state index is 14.0. The molecule has 2 saturated heterocycles. The van der Waals surface area contributed by atoms with E-state index in [2.05, 4.69) is 17.5 Å². The van der Waals surface area contributed by atoms with Gasteiger partial charge in [-0.05, 0) is 51.9 Å². The number of likely N-dealkylation sites (tertiary alicyclic amines) is 1. The summed E-state index contributed by atoms with van der Waals surface area (Å²) in [5.41, 5.74) is 1.15. The van der Waals surface area contributed by atoms with Crippen molar-refractivity contribution in [2.24, 2.45) is 0 Å². The van der Waals surface area contributed by atoms with Crippen LogP contribution in [0, 0.1) is 11.3 Å². The summed E-state index contributed by atoms with van der Waals surface area (Å²) in [5, 5.41) is 9.97. The van der Waals surface area contributed by atoms with Crippen molar-refractivity contribution in [3.05, 3.63) is 58.0 Å². The summed E-state index contributed by atoms with van der Waals surface area (Å²) in [6.45, 7) is 7.28. The van der Waals surface area contributed by atoms with Gasteiger partial charge in [0.25, 0.3) is 5.91 Å². The van der Waals surface area contributed by atoms with Crippen LogP contribution in [0.4, 0.5) is 28.9 Å². The Labute approximate surface area is 253 Å². The van der Waals surface area contributed by atoms with Gasteiger partial charge in [0.1, 0.15) is 18.2 Å². The van der Waals surface area contributed by atoms with Crippen molar-refractivity contribution in [1.29, 1.82) is 5.26 Å². The first kappa shape index (κ1) is 30.9. The number of aromatic nitrogens is 1. The van der Waals surface area contributed by atoms with E-state index in [-0.39, 0.29) is 53.9 Å². The van der Waals surface area contributed by atoms with Gasteiger partial charge in [0, 0.05) is 43.8 Å². The van der Waals surface area contributed by atoms with Crippen LogP contribution in [0.15, 0.2) is 30.6 Å². The van der Waals surface area contributed by atoms with Gasteiger partial charge < -0.3 is 24.3 Å². The van der Waals surface area contributed by atoms with Crippen LogP contribution in [0.1, 0.15) is 42.1 Å². The van der Waals surface area contributed by atoms with E-state index in [0.717, 1.165) is 24.9 Å². The quantitative estimate of drug-likeness (QED) is 0.325. The second-order valence-corrected chi connectivity index (χ2v) is 11.7. The molecule has 0 N–H and O–H groups in total. The molecule has 2 fully saturated rings. The lowest BCUT2D eigenvalue weighted by Crippen LogP contribution is -2.54. The van der Waals surface area contributed by atoms with E-state index in [1.165, 1.54) is 23.1 Å². The van der Waals surface area contributed by atoms with E-state index in [1.54, 1.807) is 11.8 Å². The number of nitrogens with zero attached hydrogens (tertiary/aromatic N) is 6. The Hall–Kier alpha value is -3.56. The molecule has 0 saturated carbocycles. The highest BCUT2D eigenvalue weighted by atomic mass is 35.5. The van der Waals surface area contributed by atoms with Crippen molar-refractivity contribution in [2.45, 2.75) is 51.0 Å². The molecule has 0 bridgehead atoms. The zero-order valence-electron chi connectivity index (χ0n) is 24.1. The molecule has 5 rings (SSSR count). The van der Waals surface area contributed by atoms with Gasteiger partial charge in [-0.25, -0.2) is 9.37 Å². The highest BCUT2D eigenvalue weighted by molar-refractivity contribution is 6.31. The summed E-state index contributed by atoms with van der Waals surface area (Å²) in [6, 6.07) is 6.13. The summed E-state index contributed by atoms with van der Waals surface area (Å²) in [5.74, 6) is -1.68. The molecule has 43 heavy (non-hydrogen) atoms. The van der Waals surface area contributed by atoms with Gasteiger partial charge >= 0.3 is 6.18 Å². The van der Waals surface area contributed by atoms with E-state index >= 15 is 0 Å². The van der Waals surface area contributed by atoms with Crippen molar-refractivity contribution in [2.75, 3.05) is 56.2 Å². The minimum Gasteiger partial charge on any atom is -0.475 e. The van der Waals surface area contributed by atoms with Crippen molar-refractivity contribution >= 4 is 28.9 Å². The van der Waals surface area contributed by atoms with Crippen LogP contribution in [0.25, 0.3) is 0 Å². The fraction of sp³-hybridized carbons (Fsp3) is 0.500. The Morgan fingerprint density at radius 2 is 2.00 bits per heavy atom. The number of pyridine rings is 1. The highest BCUT2D eigenvalue weighted by Gasteiger charge is 2.39. The van der Waals surface area contributed by atoms with Crippen LogP contribution in [0.2, 0.25) is 5.02 Å². The summed E-state index contributed by atoms with van der Waals surface area (Å²) in [4.78, 5) is 24.2. The number of anilines is 2. The molecule has 2 aromatic rings. The number of hydrogen-bond acceptors (Lipinski definition) is 7. The largest absolute Gasteiger partial charge is 0.475 e. The third kappa shape index (κ3) is 6.10. The van der Waals surface area contributed by atoms with Gasteiger partial charge in [0.05, 0.1) is 34.2 Å². The topological polar surface area (TPSA) is 75.9 Å². The van der Waals surface area contributed by atoms with E-state index < -0.39 is 23.5 Å². The number of halogens is 5. The van der Waals surface area contributed by atoms with Crippen molar-refractivity contribution in [3.8, 4) is 11.9 Å². The number of benzene rings is 1. The lowest BCUT2D eigenvalue weighted by atomic mass is 9.96. The number of likely N-dealkylation sites (N-methyl/N-ethyl adjacent to an activating group) is 1. The number of carbonyl (C=O) groups excluding carboxylic acids is 1. The van der Waals surface area contributed by atoms with Crippen LogP contribution < -0.4 is 14.5 Å². The predicted molar refractivity (Wildman–Crippen MR) is 155 cm³/mol. The number of rotatable bonds is 6. The standard InChI is InChI=1S/C30H33ClF4N6O2/c1-18-15-40(12-13-41(18)29(42)19(2)32)27-21-9-11-39(25-8-4-7-23(31)26(25)30(33,34)35)16-24(21)37-28(22(27)14-36)43-17-20-6-5-10-38(20)3/h4,7-8,18,20H,2,5-6,9-13,15-17H2,1,3H3/t18-,20+/m1/s1. The van der Waals surface area contributed by atoms with E-state index in [1.807, 2.05) is 11.9 Å². The van der Waals surface area contributed by atoms with Crippen molar-refractivity contribution in [1.82, 2.24) is 14.8 Å². The molecular formula is C30H33ClF4N6O2. The second kappa shape index (κ2) is 12.2. The predicted octanol–water partition coefficient (Wildman–Crippen LogP) is 5.18. The third-order valence-electron chi connectivity index (χ3n) is 8.54. The molecule has 0 unspecified atom stereocenters. The molecule has 13 heteroatoms. The van der Waals surface area contributed by atoms with Gasteiger partial charge in [-0.3, -0.25) is 4.79 Å². The number of hydrogen-bond donors (Lipinski definition) is 0. The van der Waals surface area contributed by atoms with E-state index in [4.69, 9.17) is 21.3 Å². The van der Waals surface area contributed by atoms with Crippen molar-refractivity contribution < 1.29 is 27.1 Å². The molecule has 8 nitrogen and oxygen atoms in total. The number of amides is 1. The molecule has 4 heterocycles.